The van der Waals surface area contributed by atoms with Crippen molar-refractivity contribution in [3.63, 3.8) is 0 Å². The Kier molecular flexibility index (Phi) is 39.9. The third-order valence-corrected chi connectivity index (χ3v) is 14.1. The molecule has 6 N–H and O–H groups in total. The third kappa shape index (κ3) is 34.7. The number of nitrogens with one attached hydrogen (secondary N) is 2. The summed E-state index contributed by atoms with van der Waals surface area (Å²) < 4.78 is 22.3. The molecule has 0 radical (unpaired) electrons. The maximum atomic E-state index is 12.0. The molecule has 4 aliphatic rings. The first-order valence-corrected chi connectivity index (χ1v) is 29.3. The number of unbranched alkanes of at least 4 members (excludes halogenated alkanes) is 16. The number of amides is 2. The molecule has 406 valence electrons. The molecule has 7 atom stereocenters. The van der Waals surface area contributed by atoms with Crippen LogP contribution in [0.5, 0.6) is 0 Å². The lowest BCUT2D eigenvalue weighted by Gasteiger charge is -2.21. The number of methoxy groups -OCH3 is 1. The van der Waals surface area contributed by atoms with Crippen LogP contribution in [-0.2, 0) is 33.3 Å². The number of hydrogen-bond acceptors (Lipinski definition) is 9. The summed E-state index contributed by atoms with van der Waals surface area (Å²) in [7, 11) is 1.51. The Bertz CT molecular complexity index is 1320. The maximum absolute atomic E-state index is 12.0. The average Bonchev–Trinajstić information content (AvgIpc) is 4.30. The first-order chi connectivity index (χ1) is 34.3. The van der Waals surface area contributed by atoms with E-state index in [-0.39, 0.29) is 23.7 Å². The topological polar surface area (TPSA) is 174 Å². The van der Waals surface area contributed by atoms with Crippen molar-refractivity contribution >= 4 is 17.8 Å². The summed E-state index contributed by atoms with van der Waals surface area (Å²) in [5.41, 5.74) is 11.1. The van der Waals surface area contributed by atoms with E-state index < -0.39 is 0 Å². The van der Waals surface area contributed by atoms with Gasteiger partial charge in [-0.25, -0.2) is 0 Å². The van der Waals surface area contributed by atoms with Gasteiger partial charge in [-0.05, 0) is 96.3 Å². The molecule has 3 saturated heterocycles. The highest BCUT2D eigenvalue weighted by Gasteiger charge is 2.38. The molecule has 4 rings (SSSR count). The fourth-order valence-corrected chi connectivity index (χ4v) is 9.46. The van der Waals surface area contributed by atoms with Crippen molar-refractivity contribution in [2.75, 3.05) is 33.3 Å². The number of carbonyl (C=O) groups is 3. The quantitative estimate of drug-likeness (QED) is 0.0202. The molecule has 0 aromatic rings. The summed E-state index contributed by atoms with van der Waals surface area (Å²) in [5, 5.41) is 5.87. The lowest BCUT2D eigenvalue weighted by Crippen LogP contribution is -2.34. The summed E-state index contributed by atoms with van der Waals surface area (Å²) in [6.07, 6.45) is 54.5. The lowest BCUT2D eigenvalue weighted by molar-refractivity contribution is -0.144. The van der Waals surface area contributed by atoms with Crippen LogP contribution >= 0.6 is 0 Å². The lowest BCUT2D eigenvalue weighted by atomic mass is 9.85. The minimum atomic E-state index is -0.0515. The van der Waals surface area contributed by atoms with Crippen LogP contribution in [0.4, 0.5) is 0 Å². The second-order valence-corrected chi connectivity index (χ2v) is 20.5. The van der Waals surface area contributed by atoms with E-state index in [2.05, 4.69) is 61.8 Å². The van der Waals surface area contributed by atoms with Gasteiger partial charge in [-0.2, -0.15) is 0 Å². The Labute approximate surface area is 429 Å². The van der Waals surface area contributed by atoms with Crippen LogP contribution in [0.15, 0.2) is 36.0 Å². The molecule has 1 aliphatic carbocycles. The highest BCUT2D eigenvalue weighted by Crippen LogP contribution is 2.35. The number of nitrogens with two attached hydrogens (primary N) is 2. The fourth-order valence-electron chi connectivity index (χ4n) is 9.46. The van der Waals surface area contributed by atoms with Gasteiger partial charge in [0.25, 0.3) is 0 Å². The van der Waals surface area contributed by atoms with Crippen LogP contribution in [0, 0.1) is 5.92 Å². The molecule has 1 saturated carbocycles. The minimum Gasteiger partial charge on any atom is -0.469 e. The zero-order chi connectivity index (χ0) is 50.7. The molecule has 0 aromatic heterocycles. The molecule has 2 amide bonds. The second-order valence-electron chi connectivity index (χ2n) is 20.5. The molecule has 0 spiro atoms. The van der Waals surface area contributed by atoms with E-state index in [0.717, 1.165) is 77.0 Å². The van der Waals surface area contributed by atoms with Gasteiger partial charge >= 0.3 is 5.97 Å². The molecule has 3 heterocycles. The van der Waals surface area contributed by atoms with Crippen molar-refractivity contribution in [1.82, 2.24) is 10.6 Å². The summed E-state index contributed by atoms with van der Waals surface area (Å²) in [6.45, 7) is 8.95. The third-order valence-electron chi connectivity index (χ3n) is 14.1. The monoisotopic (exact) mass is 985 g/mol. The van der Waals surface area contributed by atoms with Crippen LogP contribution in [0.3, 0.4) is 0 Å². The predicted octanol–water partition coefficient (Wildman–Crippen LogP) is 13.0. The number of rotatable bonds is 39. The summed E-state index contributed by atoms with van der Waals surface area (Å²) in [5.74, 6) is 0.131. The highest BCUT2D eigenvalue weighted by atomic mass is 16.6. The Morgan fingerprint density at radius 2 is 0.957 bits per heavy atom. The smallest absolute Gasteiger partial charge is 0.312 e. The Morgan fingerprint density at radius 3 is 1.40 bits per heavy atom. The number of esters is 1. The van der Waals surface area contributed by atoms with Crippen molar-refractivity contribution in [2.45, 2.75) is 282 Å². The zero-order valence-electron chi connectivity index (χ0n) is 45.5. The number of ether oxygens (including phenoxy) is 4. The van der Waals surface area contributed by atoms with E-state index in [1.165, 1.54) is 148 Å². The molecular formula is C59H108N4O7. The minimum absolute atomic E-state index is 0.0115. The molecular weight excluding hydrogens is 877 g/mol. The van der Waals surface area contributed by atoms with Gasteiger partial charge in [-0.15, -0.1) is 0 Å². The van der Waals surface area contributed by atoms with Crippen molar-refractivity contribution < 1.29 is 33.3 Å². The molecule has 0 bridgehead atoms. The summed E-state index contributed by atoms with van der Waals surface area (Å²) in [4.78, 5) is 36.1. The molecule has 7 unspecified atom stereocenters. The van der Waals surface area contributed by atoms with Gasteiger partial charge in [0.05, 0.1) is 49.7 Å². The molecule has 0 aromatic carbocycles. The molecule has 3 aliphatic heterocycles. The van der Waals surface area contributed by atoms with Crippen LogP contribution < -0.4 is 22.1 Å². The average molecular weight is 986 g/mol. The molecule has 11 nitrogen and oxygen atoms in total. The van der Waals surface area contributed by atoms with Gasteiger partial charge < -0.3 is 41.0 Å². The first-order valence-electron chi connectivity index (χ1n) is 29.3. The number of epoxide rings is 3. The van der Waals surface area contributed by atoms with E-state index in [1.54, 1.807) is 0 Å². The van der Waals surface area contributed by atoms with Crippen molar-refractivity contribution in [2.24, 2.45) is 17.4 Å². The van der Waals surface area contributed by atoms with Crippen LogP contribution in [0.25, 0.3) is 0 Å². The molecule has 4 fully saturated rings. The Morgan fingerprint density at radius 1 is 0.529 bits per heavy atom. The Hall–Kier alpha value is -2.57. The van der Waals surface area contributed by atoms with Crippen molar-refractivity contribution in [1.29, 1.82) is 0 Å². The number of hydrogen-bond donors (Lipinski definition) is 4. The predicted molar refractivity (Wildman–Crippen MR) is 291 cm³/mol. The van der Waals surface area contributed by atoms with Gasteiger partial charge in [0.15, 0.2) is 0 Å². The fraction of sp³-hybridized carbons (Fsp3) is 0.847. The van der Waals surface area contributed by atoms with E-state index in [1.807, 2.05) is 0 Å². The van der Waals surface area contributed by atoms with Gasteiger partial charge in [0, 0.05) is 39.0 Å². The maximum Gasteiger partial charge on any atom is 0.312 e. The van der Waals surface area contributed by atoms with Gasteiger partial charge in [0.2, 0.25) is 11.8 Å². The second kappa shape index (κ2) is 44.0. The van der Waals surface area contributed by atoms with Gasteiger partial charge in [-0.3, -0.25) is 14.4 Å². The highest BCUT2D eigenvalue weighted by molar-refractivity contribution is 5.77. The largest absolute Gasteiger partial charge is 0.469 e. The SMILES string of the molecule is CCCCCC1OC1CC=C1CCCCCCC1C(=O)OC.CCCCCC1OC1CC=CCCCCCCCC(=O)NCCNC(=O)CCCCCCCC=CCC1OC1CCCCC.NCCN. The first kappa shape index (κ1) is 63.5. The normalized spacial score (nSPS) is 23.2. The van der Waals surface area contributed by atoms with Crippen LogP contribution in [0.1, 0.15) is 245 Å². The molecule has 11 heteroatoms. The standard InChI is InChI=1S/C38H68N2O4.C19H32O3.C2H8N2/c1-3-5-19-25-33-35(43-33)27-21-15-11-7-9-13-17-23-29-37(41)39-31-32-40-38(42)30-24-18-14-10-8-12-16-22-28-36-34(44-36)26-20-6-4-2;1-3-4-7-12-17-18(22-17)14-13-15-10-8-5-6-9-11-16(15)19(20)21-2;3-1-2-4/h15-16,21-22,33-36H,3-14,17-20,23-32H2,1-2H3,(H,39,41)(H,40,42);13,16-18H,3-12,14H2,1-2H3;1-4H2. The van der Waals surface area contributed by atoms with Gasteiger partial charge in [-0.1, -0.05) is 172 Å². The van der Waals surface area contributed by atoms with E-state index in [9.17, 15) is 14.4 Å². The van der Waals surface area contributed by atoms with E-state index in [0.29, 0.717) is 75.6 Å². The van der Waals surface area contributed by atoms with Crippen LogP contribution in [0.2, 0.25) is 0 Å². The summed E-state index contributed by atoms with van der Waals surface area (Å²) >= 11 is 0. The number of carbonyl (C=O) groups excluding carboxylic acids is 3. The Balaban J connectivity index is 0.000000534. The van der Waals surface area contributed by atoms with E-state index in [4.69, 9.17) is 30.4 Å². The van der Waals surface area contributed by atoms with E-state index >= 15 is 0 Å². The van der Waals surface area contributed by atoms with Crippen LogP contribution in [-0.4, -0.2) is 87.7 Å². The van der Waals surface area contributed by atoms with Gasteiger partial charge in [0.1, 0.15) is 0 Å². The molecule has 70 heavy (non-hydrogen) atoms. The summed E-state index contributed by atoms with van der Waals surface area (Å²) in [6, 6.07) is 0. The van der Waals surface area contributed by atoms with Crippen molar-refractivity contribution in [3.05, 3.63) is 36.0 Å². The van der Waals surface area contributed by atoms with Crippen molar-refractivity contribution in [3.8, 4) is 0 Å². The zero-order valence-corrected chi connectivity index (χ0v) is 45.5. The number of allylic oxidation sites excluding steroid dienone is 2.